The lowest BCUT2D eigenvalue weighted by Gasteiger charge is -2.13. The molecule has 0 fully saturated rings. The number of rotatable bonds is 4. The van der Waals surface area contributed by atoms with Crippen molar-refractivity contribution in [3.63, 3.8) is 0 Å². The summed E-state index contributed by atoms with van der Waals surface area (Å²) in [7, 11) is 0. The van der Waals surface area contributed by atoms with Crippen LogP contribution < -0.4 is 0 Å². The molecule has 1 aromatic heterocycles. The van der Waals surface area contributed by atoms with E-state index in [1.807, 2.05) is 20.8 Å². The predicted octanol–water partition coefficient (Wildman–Crippen LogP) is 4.32. The van der Waals surface area contributed by atoms with Gasteiger partial charge in [-0.05, 0) is 25.3 Å². The number of hydrogen-bond donors (Lipinski definition) is 0. The van der Waals surface area contributed by atoms with Crippen LogP contribution in [-0.4, -0.2) is 15.3 Å². The van der Waals surface area contributed by atoms with Crippen LogP contribution in [0.2, 0.25) is 0 Å². The second-order valence-corrected chi connectivity index (χ2v) is 6.70. The molecule has 0 N–H and O–H groups in total. The molecular weight excluding hydrogens is 284 g/mol. The Bertz CT molecular complexity index is 624. The van der Waals surface area contributed by atoms with Gasteiger partial charge in [0.05, 0.1) is 20.1 Å². The number of nitro benzene ring substituents is 1. The summed E-state index contributed by atoms with van der Waals surface area (Å²) in [4.78, 5) is 15.2. The molecule has 0 spiro atoms. The number of halogens is 1. The zero-order valence-corrected chi connectivity index (χ0v) is 12.6. The van der Waals surface area contributed by atoms with Crippen molar-refractivity contribution in [2.75, 3.05) is 0 Å². The standard InChI is InChI=1S/C13H15ClN2O2S/c1-7(2)10(14)4-9-5-11-13(19-8(3)15-11)6-12(9)16(17)18/h5-7,10H,4H2,1-3H3. The number of aromatic nitrogens is 1. The molecule has 0 saturated heterocycles. The van der Waals surface area contributed by atoms with E-state index in [4.69, 9.17) is 11.6 Å². The molecule has 0 aliphatic rings. The number of nitrogens with zero attached hydrogens (tertiary/aromatic N) is 2. The molecule has 6 heteroatoms. The zero-order valence-electron chi connectivity index (χ0n) is 11.0. The first-order valence-electron chi connectivity index (χ1n) is 6.07. The zero-order chi connectivity index (χ0) is 14.2. The predicted molar refractivity (Wildman–Crippen MR) is 79.2 cm³/mol. The minimum Gasteiger partial charge on any atom is -0.258 e. The van der Waals surface area contributed by atoms with Gasteiger partial charge in [-0.3, -0.25) is 10.1 Å². The first-order valence-corrected chi connectivity index (χ1v) is 7.32. The lowest BCUT2D eigenvalue weighted by Crippen LogP contribution is -2.12. The van der Waals surface area contributed by atoms with Gasteiger partial charge in [-0.1, -0.05) is 13.8 Å². The van der Waals surface area contributed by atoms with Crippen molar-refractivity contribution in [3.8, 4) is 0 Å². The smallest absolute Gasteiger partial charge is 0.258 e. The lowest BCUT2D eigenvalue weighted by molar-refractivity contribution is -0.385. The average molecular weight is 299 g/mol. The SMILES string of the molecule is Cc1nc2cc(CC(Cl)C(C)C)c([N+](=O)[O-])cc2s1. The van der Waals surface area contributed by atoms with Crippen molar-refractivity contribution >= 4 is 38.8 Å². The van der Waals surface area contributed by atoms with E-state index < -0.39 is 0 Å². The molecule has 0 aliphatic carbocycles. The van der Waals surface area contributed by atoms with Crippen LogP contribution in [0.15, 0.2) is 12.1 Å². The van der Waals surface area contributed by atoms with Crippen molar-refractivity contribution in [3.05, 3.63) is 32.8 Å². The molecule has 0 radical (unpaired) electrons. The Morgan fingerprint density at radius 3 is 2.74 bits per heavy atom. The molecule has 2 rings (SSSR count). The third-order valence-electron chi connectivity index (χ3n) is 3.03. The largest absolute Gasteiger partial charge is 0.274 e. The monoisotopic (exact) mass is 298 g/mol. The molecule has 1 atom stereocenters. The van der Waals surface area contributed by atoms with E-state index in [-0.39, 0.29) is 21.9 Å². The van der Waals surface area contributed by atoms with Crippen LogP contribution in [0.4, 0.5) is 5.69 Å². The second-order valence-electron chi connectivity index (χ2n) is 4.90. The summed E-state index contributed by atoms with van der Waals surface area (Å²) in [5.41, 5.74) is 1.62. The maximum Gasteiger partial charge on any atom is 0.274 e. The van der Waals surface area contributed by atoms with Gasteiger partial charge in [-0.2, -0.15) is 0 Å². The highest BCUT2D eigenvalue weighted by Gasteiger charge is 2.21. The van der Waals surface area contributed by atoms with E-state index in [2.05, 4.69) is 4.98 Å². The maximum absolute atomic E-state index is 11.2. The van der Waals surface area contributed by atoms with Crippen LogP contribution >= 0.6 is 22.9 Å². The molecule has 19 heavy (non-hydrogen) atoms. The Labute approximate surface area is 120 Å². The topological polar surface area (TPSA) is 56.0 Å². The molecule has 4 nitrogen and oxygen atoms in total. The lowest BCUT2D eigenvalue weighted by atomic mass is 10.0. The van der Waals surface area contributed by atoms with Crippen molar-refractivity contribution in [2.45, 2.75) is 32.6 Å². The molecule has 1 heterocycles. The van der Waals surface area contributed by atoms with Gasteiger partial charge in [0, 0.05) is 17.0 Å². The van der Waals surface area contributed by atoms with Crippen molar-refractivity contribution < 1.29 is 4.92 Å². The molecule has 1 unspecified atom stereocenters. The molecule has 1 aromatic carbocycles. The normalized spacial score (nSPS) is 13.1. The molecule has 0 amide bonds. The van der Waals surface area contributed by atoms with Gasteiger partial charge < -0.3 is 0 Å². The first kappa shape index (κ1) is 14.2. The Hall–Kier alpha value is -1.20. The van der Waals surface area contributed by atoms with E-state index in [1.54, 1.807) is 12.1 Å². The van der Waals surface area contributed by atoms with Crippen LogP contribution in [0.1, 0.15) is 24.4 Å². The third-order valence-corrected chi connectivity index (χ3v) is 4.62. The summed E-state index contributed by atoms with van der Waals surface area (Å²) in [6.45, 7) is 5.92. The van der Waals surface area contributed by atoms with Crippen LogP contribution in [0.25, 0.3) is 10.2 Å². The van der Waals surface area contributed by atoms with Crippen LogP contribution in [0.3, 0.4) is 0 Å². The highest BCUT2D eigenvalue weighted by Crippen LogP contribution is 2.31. The summed E-state index contributed by atoms with van der Waals surface area (Å²) in [5.74, 6) is 0.272. The van der Waals surface area contributed by atoms with E-state index in [0.717, 1.165) is 15.2 Å². The van der Waals surface area contributed by atoms with Gasteiger partial charge >= 0.3 is 0 Å². The number of hydrogen-bond acceptors (Lipinski definition) is 4. The molecular formula is C13H15ClN2O2S. The quantitative estimate of drug-likeness (QED) is 0.480. The Morgan fingerprint density at radius 2 is 2.16 bits per heavy atom. The number of alkyl halides is 1. The van der Waals surface area contributed by atoms with Crippen molar-refractivity contribution in [1.29, 1.82) is 0 Å². The third kappa shape index (κ3) is 3.04. The first-order chi connectivity index (χ1) is 8.88. The minimum absolute atomic E-state index is 0.115. The van der Waals surface area contributed by atoms with Gasteiger partial charge in [0.15, 0.2) is 0 Å². The summed E-state index contributed by atoms with van der Waals surface area (Å²) >= 11 is 7.71. The van der Waals surface area contributed by atoms with Gasteiger partial charge in [-0.25, -0.2) is 4.98 Å². The summed E-state index contributed by atoms with van der Waals surface area (Å²) < 4.78 is 0.851. The van der Waals surface area contributed by atoms with E-state index >= 15 is 0 Å². The van der Waals surface area contributed by atoms with Crippen molar-refractivity contribution in [2.24, 2.45) is 5.92 Å². The van der Waals surface area contributed by atoms with Gasteiger partial charge in [-0.15, -0.1) is 22.9 Å². The number of nitro groups is 1. The number of fused-ring (bicyclic) bond motifs is 1. The number of benzene rings is 1. The summed E-state index contributed by atoms with van der Waals surface area (Å²) in [5, 5.41) is 12.0. The Morgan fingerprint density at radius 1 is 1.47 bits per heavy atom. The Balaban J connectivity index is 2.50. The average Bonchev–Trinajstić information content (AvgIpc) is 2.66. The highest BCUT2D eigenvalue weighted by atomic mass is 35.5. The number of thiazole rings is 1. The molecule has 0 saturated carbocycles. The number of aryl methyl sites for hydroxylation is 1. The van der Waals surface area contributed by atoms with Gasteiger partial charge in [0.2, 0.25) is 0 Å². The van der Waals surface area contributed by atoms with Gasteiger partial charge in [0.25, 0.3) is 5.69 Å². The van der Waals surface area contributed by atoms with E-state index in [9.17, 15) is 10.1 Å². The molecule has 2 aromatic rings. The maximum atomic E-state index is 11.2. The fourth-order valence-electron chi connectivity index (χ4n) is 1.90. The summed E-state index contributed by atoms with van der Waals surface area (Å²) in [6.07, 6.45) is 0.488. The summed E-state index contributed by atoms with van der Waals surface area (Å²) in [6, 6.07) is 3.41. The molecule has 102 valence electrons. The van der Waals surface area contributed by atoms with E-state index in [1.165, 1.54) is 11.3 Å². The van der Waals surface area contributed by atoms with E-state index in [0.29, 0.717) is 12.0 Å². The fraction of sp³-hybridized carbons (Fsp3) is 0.462. The fourth-order valence-corrected chi connectivity index (χ4v) is 2.91. The Kier molecular flexibility index (Phi) is 4.06. The van der Waals surface area contributed by atoms with Crippen LogP contribution in [-0.2, 0) is 6.42 Å². The molecule has 0 aliphatic heterocycles. The minimum atomic E-state index is -0.340. The van der Waals surface area contributed by atoms with Crippen LogP contribution in [0.5, 0.6) is 0 Å². The van der Waals surface area contributed by atoms with Gasteiger partial charge in [0.1, 0.15) is 0 Å². The van der Waals surface area contributed by atoms with Crippen LogP contribution in [0, 0.1) is 23.0 Å². The second kappa shape index (κ2) is 5.43. The van der Waals surface area contributed by atoms with Crippen molar-refractivity contribution in [1.82, 2.24) is 4.98 Å². The highest BCUT2D eigenvalue weighted by molar-refractivity contribution is 7.18. The molecule has 0 bridgehead atoms.